The Labute approximate surface area is 118 Å². The molecule has 98 valence electrons. The molecule has 0 bridgehead atoms. The molecule has 5 nitrogen and oxygen atoms in total. The second-order valence-electron chi connectivity index (χ2n) is 3.25. The molecule has 7 heteroatoms. The van der Waals surface area contributed by atoms with E-state index in [1.807, 2.05) is 6.79 Å². The summed E-state index contributed by atoms with van der Waals surface area (Å²) in [6, 6.07) is 6.26. The van der Waals surface area contributed by atoms with Crippen molar-refractivity contribution in [2.45, 2.75) is 0 Å². The third kappa shape index (κ3) is 4.01. The first-order chi connectivity index (χ1) is 9.06. The Morgan fingerprint density at radius 1 is 1.05 bits per heavy atom. The standard InChI is InChI=1S/C11H6Cl2N2O2.CH2O/c12-7-1-6(2-8(13)3-7)9-4-10(11(16)17)15-5-14-9;1-2/h1-5H,(H,16,17);1H2. The van der Waals surface area contributed by atoms with Crippen LogP contribution in [0.15, 0.2) is 30.6 Å². The highest BCUT2D eigenvalue weighted by Crippen LogP contribution is 2.25. The number of hydrogen-bond acceptors (Lipinski definition) is 4. The molecule has 0 spiro atoms. The van der Waals surface area contributed by atoms with Crippen LogP contribution in [0, 0.1) is 0 Å². The van der Waals surface area contributed by atoms with Gasteiger partial charge >= 0.3 is 5.97 Å². The predicted molar refractivity (Wildman–Crippen MR) is 71.6 cm³/mol. The molecule has 0 saturated heterocycles. The Bertz CT molecular complexity index is 585. The van der Waals surface area contributed by atoms with E-state index in [1.54, 1.807) is 18.2 Å². The molecule has 0 radical (unpaired) electrons. The summed E-state index contributed by atoms with van der Waals surface area (Å²) in [5, 5.41) is 9.75. The van der Waals surface area contributed by atoms with E-state index in [9.17, 15) is 4.79 Å². The van der Waals surface area contributed by atoms with E-state index in [0.717, 1.165) is 0 Å². The normalized spacial score (nSPS) is 9.37. The number of carbonyl (C=O) groups is 2. The molecule has 2 rings (SSSR count). The summed E-state index contributed by atoms with van der Waals surface area (Å²) in [6.45, 7) is 2.00. The van der Waals surface area contributed by atoms with E-state index in [2.05, 4.69) is 9.97 Å². The Morgan fingerprint density at radius 3 is 2.16 bits per heavy atom. The zero-order valence-corrected chi connectivity index (χ0v) is 11.0. The van der Waals surface area contributed by atoms with Crippen LogP contribution < -0.4 is 0 Å². The second kappa shape index (κ2) is 6.82. The van der Waals surface area contributed by atoms with E-state index < -0.39 is 5.97 Å². The molecule has 19 heavy (non-hydrogen) atoms. The number of halogens is 2. The molecule has 1 heterocycles. The Morgan fingerprint density at radius 2 is 1.63 bits per heavy atom. The SMILES string of the molecule is C=O.O=C(O)c1cc(-c2cc(Cl)cc(Cl)c2)ncn1. The van der Waals surface area contributed by atoms with E-state index >= 15 is 0 Å². The van der Waals surface area contributed by atoms with Gasteiger partial charge in [-0.2, -0.15) is 0 Å². The van der Waals surface area contributed by atoms with E-state index in [-0.39, 0.29) is 5.69 Å². The van der Waals surface area contributed by atoms with Gasteiger partial charge in [0.2, 0.25) is 0 Å². The molecule has 2 aromatic rings. The molecule has 0 unspecified atom stereocenters. The van der Waals surface area contributed by atoms with Crippen molar-refractivity contribution in [3.8, 4) is 11.3 Å². The number of carbonyl (C=O) groups excluding carboxylic acids is 1. The average molecular weight is 299 g/mol. The molecular formula is C12H8Cl2N2O3. The van der Waals surface area contributed by atoms with Gasteiger partial charge in [-0.15, -0.1) is 0 Å². The van der Waals surface area contributed by atoms with Crippen LogP contribution in [0.4, 0.5) is 0 Å². The van der Waals surface area contributed by atoms with Crippen LogP contribution in [-0.2, 0) is 4.79 Å². The molecule has 0 atom stereocenters. The van der Waals surface area contributed by atoms with Crippen LogP contribution in [0.1, 0.15) is 10.5 Å². The van der Waals surface area contributed by atoms with Crippen LogP contribution >= 0.6 is 23.2 Å². The van der Waals surface area contributed by atoms with Crippen LogP contribution in [0.5, 0.6) is 0 Å². The van der Waals surface area contributed by atoms with Gasteiger partial charge in [0.15, 0.2) is 5.69 Å². The minimum Gasteiger partial charge on any atom is -0.477 e. The first-order valence-corrected chi connectivity index (χ1v) is 5.62. The maximum atomic E-state index is 10.8. The fourth-order valence-electron chi connectivity index (χ4n) is 1.33. The van der Waals surface area contributed by atoms with Crippen molar-refractivity contribution in [2.24, 2.45) is 0 Å². The molecule has 0 aliphatic rings. The molecule has 0 amide bonds. The molecular weight excluding hydrogens is 291 g/mol. The van der Waals surface area contributed by atoms with Crippen molar-refractivity contribution >= 4 is 36.0 Å². The molecule has 1 N–H and O–H groups in total. The number of benzene rings is 1. The van der Waals surface area contributed by atoms with Gasteiger partial charge in [0.05, 0.1) is 5.69 Å². The van der Waals surface area contributed by atoms with Gasteiger partial charge in [-0.25, -0.2) is 14.8 Å². The average Bonchev–Trinajstić information content (AvgIpc) is 2.40. The fraction of sp³-hybridized carbons (Fsp3) is 0. The van der Waals surface area contributed by atoms with E-state index in [4.69, 9.17) is 33.1 Å². The minimum absolute atomic E-state index is 0.0777. The Balaban J connectivity index is 0.000000861. The van der Waals surface area contributed by atoms with Gasteiger partial charge in [-0.1, -0.05) is 23.2 Å². The second-order valence-corrected chi connectivity index (χ2v) is 4.12. The zero-order chi connectivity index (χ0) is 14.4. The number of nitrogens with zero attached hydrogens (tertiary/aromatic N) is 2. The van der Waals surface area contributed by atoms with Gasteiger partial charge in [0.25, 0.3) is 0 Å². The van der Waals surface area contributed by atoms with Crippen LogP contribution in [0.3, 0.4) is 0 Å². The van der Waals surface area contributed by atoms with Gasteiger partial charge in [0, 0.05) is 15.6 Å². The van der Waals surface area contributed by atoms with Crippen molar-refractivity contribution in [3.05, 3.63) is 46.3 Å². The molecule has 0 saturated carbocycles. The molecule has 1 aromatic carbocycles. The lowest BCUT2D eigenvalue weighted by Crippen LogP contribution is -2.01. The van der Waals surface area contributed by atoms with Crippen molar-refractivity contribution in [1.29, 1.82) is 0 Å². The molecule has 0 aliphatic heterocycles. The Kier molecular flexibility index (Phi) is 5.41. The number of aromatic nitrogens is 2. The minimum atomic E-state index is -1.11. The summed E-state index contributed by atoms with van der Waals surface area (Å²) in [5.74, 6) is -1.11. The predicted octanol–water partition coefficient (Wildman–Crippen LogP) is 2.96. The maximum Gasteiger partial charge on any atom is 0.354 e. The smallest absolute Gasteiger partial charge is 0.354 e. The van der Waals surface area contributed by atoms with Crippen LogP contribution in [-0.4, -0.2) is 27.8 Å². The highest BCUT2D eigenvalue weighted by atomic mass is 35.5. The molecule has 0 aliphatic carbocycles. The highest BCUT2D eigenvalue weighted by Gasteiger charge is 2.08. The van der Waals surface area contributed by atoms with Crippen LogP contribution in [0.2, 0.25) is 10.0 Å². The zero-order valence-electron chi connectivity index (χ0n) is 9.51. The lowest BCUT2D eigenvalue weighted by atomic mass is 10.1. The van der Waals surface area contributed by atoms with Crippen molar-refractivity contribution in [1.82, 2.24) is 9.97 Å². The lowest BCUT2D eigenvalue weighted by Gasteiger charge is -2.03. The van der Waals surface area contributed by atoms with E-state index in [1.165, 1.54) is 12.4 Å². The Hall–Kier alpha value is -1.98. The van der Waals surface area contributed by atoms with Gasteiger partial charge in [-0.3, -0.25) is 0 Å². The quantitative estimate of drug-likeness (QED) is 0.922. The first-order valence-electron chi connectivity index (χ1n) is 4.87. The van der Waals surface area contributed by atoms with Crippen molar-refractivity contribution < 1.29 is 14.7 Å². The lowest BCUT2D eigenvalue weighted by molar-refractivity contribution is -0.0980. The molecule has 0 fully saturated rings. The van der Waals surface area contributed by atoms with Gasteiger partial charge in [-0.05, 0) is 24.3 Å². The molecule has 1 aromatic heterocycles. The van der Waals surface area contributed by atoms with Crippen molar-refractivity contribution in [3.63, 3.8) is 0 Å². The fourth-order valence-corrected chi connectivity index (χ4v) is 1.86. The third-order valence-electron chi connectivity index (χ3n) is 2.04. The largest absolute Gasteiger partial charge is 0.477 e. The topological polar surface area (TPSA) is 80.2 Å². The number of hydrogen-bond donors (Lipinski definition) is 1. The maximum absolute atomic E-state index is 10.8. The number of rotatable bonds is 2. The number of carboxylic acids is 1. The summed E-state index contributed by atoms with van der Waals surface area (Å²) in [4.78, 5) is 26.4. The van der Waals surface area contributed by atoms with E-state index in [0.29, 0.717) is 21.3 Å². The summed E-state index contributed by atoms with van der Waals surface area (Å²) < 4.78 is 0. The van der Waals surface area contributed by atoms with Crippen molar-refractivity contribution in [2.75, 3.05) is 0 Å². The number of carboxylic acid groups (broad SMARTS) is 1. The summed E-state index contributed by atoms with van der Waals surface area (Å²) in [7, 11) is 0. The highest BCUT2D eigenvalue weighted by molar-refractivity contribution is 6.35. The summed E-state index contributed by atoms with van der Waals surface area (Å²) in [6.07, 6.45) is 1.19. The monoisotopic (exact) mass is 298 g/mol. The van der Waals surface area contributed by atoms with Gasteiger partial charge < -0.3 is 9.90 Å². The summed E-state index contributed by atoms with van der Waals surface area (Å²) in [5.41, 5.74) is 1.03. The summed E-state index contributed by atoms with van der Waals surface area (Å²) >= 11 is 11.7. The van der Waals surface area contributed by atoms with Gasteiger partial charge in [0.1, 0.15) is 13.1 Å². The number of aromatic carboxylic acids is 1. The van der Waals surface area contributed by atoms with Crippen LogP contribution in [0.25, 0.3) is 11.3 Å². The third-order valence-corrected chi connectivity index (χ3v) is 2.48. The first kappa shape index (κ1) is 15.1.